The predicted octanol–water partition coefficient (Wildman–Crippen LogP) is 0.854. The SMILES string of the molecule is O=[N+]([O-])c1ccc(C=Cc2ccnc(N(CO)CO)n2)o1. The van der Waals surface area contributed by atoms with Gasteiger partial charge < -0.3 is 14.6 Å². The van der Waals surface area contributed by atoms with E-state index in [1.165, 1.54) is 24.4 Å². The van der Waals surface area contributed by atoms with Gasteiger partial charge in [0.2, 0.25) is 5.95 Å². The minimum Gasteiger partial charge on any atom is -0.401 e. The quantitative estimate of drug-likeness (QED) is 0.456. The van der Waals surface area contributed by atoms with Crippen molar-refractivity contribution >= 4 is 24.0 Å². The summed E-state index contributed by atoms with van der Waals surface area (Å²) >= 11 is 0. The number of rotatable bonds is 6. The van der Waals surface area contributed by atoms with Crippen LogP contribution < -0.4 is 4.90 Å². The number of aliphatic hydroxyl groups excluding tert-OH is 2. The molecule has 0 unspecified atom stereocenters. The van der Waals surface area contributed by atoms with E-state index >= 15 is 0 Å². The predicted molar refractivity (Wildman–Crippen MR) is 73.0 cm³/mol. The first-order valence-electron chi connectivity index (χ1n) is 5.86. The number of anilines is 1. The molecule has 2 heterocycles. The van der Waals surface area contributed by atoms with E-state index in [1.807, 2.05) is 0 Å². The third-order valence-corrected chi connectivity index (χ3v) is 2.50. The van der Waals surface area contributed by atoms with Crippen molar-refractivity contribution in [3.63, 3.8) is 0 Å². The Labute approximate surface area is 118 Å². The molecule has 2 aromatic heterocycles. The van der Waals surface area contributed by atoms with Crippen LogP contribution >= 0.6 is 0 Å². The van der Waals surface area contributed by atoms with Gasteiger partial charge in [0, 0.05) is 6.20 Å². The summed E-state index contributed by atoms with van der Waals surface area (Å²) in [6, 6.07) is 4.32. The number of aliphatic hydroxyl groups is 2. The van der Waals surface area contributed by atoms with Gasteiger partial charge in [-0.1, -0.05) is 0 Å². The molecule has 0 radical (unpaired) electrons. The van der Waals surface area contributed by atoms with Gasteiger partial charge in [-0.05, 0) is 24.3 Å². The number of hydrogen-bond donors (Lipinski definition) is 2. The fourth-order valence-corrected chi connectivity index (χ4v) is 1.48. The number of furan rings is 1. The van der Waals surface area contributed by atoms with Crippen LogP contribution in [0.4, 0.5) is 11.8 Å². The molecule has 0 atom stereocenters. The first-order valence-corrected chi connectivity index (χ1v) is 5.86. The van der Waals surface area contributed by atoms with E-state index in [4.69, 9.17) is 14.6 Å². The second kappa shape index (κ2) is 6.59. The Morgan fingerprint density at radius 1 is 1.29 bits per heavy atom. The first kappa shape index (κ1) is 14.6. The Bertz CT molecular complexity index is 651. The van der Waals surface area contributed by atoms with Crippen molar-refractivity contribution in [2.45, 2.75) is 0 Å². The second-order valence-corrected chi connectivity index (χ2v) is 3.87. The zero-order chi connectivity index (χ0) is 15.2. The number of nitrogens with zero attached hydrogens (tertiary/aromatic N) is 4. The highest BCUT2D eigenvalue weighted by molar-refractivity contribution is 5.66. The Morgan fingerprint density at radius 3 is 2.67 bits per heavy atom. The van der Waals surface area contributed by atoms with Gasteiger partial charge in [-0.15, -0.1) is 0 Å². The van der Waals surface area contributed by atoms with Crippen LogP contribution in [0.15, 0.2) is 28.8 Å². The zero-order valence-electron chi connectivity index (χ0n) is 10.8. The average Bonchev–Trinajstić information content (AvgIpc) is 2.96. The fourth-order valence-electron chi connectivity index (χ4n) is 1.48. The third kappa shape index (κ3) is 3.61. The standard InChI is InChI=1S/C12H12N4O5/c17-7-15(8-18)12-13-6-5-9(14-12)1-2-10-3-4-11(21-10)16(19)20/h1-6,17-18H,7-8H2. The lowest BCUT2D eigenvalue weighted by atomic mass is 10.3. The van der Waals surface area contributed by atoms with Gasteiger partial charge in [0.15, 0.2) is 0 Å². The molecule has 0 aliphatic heterocycles. The molecule has 0 saturated carbocycles. The molecule has 2 aromatic rings. The molecule has 9 nitrogen and oxygen atoms in total. The Kier molecular flexibility index (Phi) is 4.59. The maximum atomic E-state index is 10.5. The van der Waals surface area contributed by atoms with Crippen LogP contribution in [0.3, 0.4) is 0 Å². The normalized spacial score (nSPS) is 11.0. The van der Waals surface area contributed by atoms with Crippen LogP contribution in [0.2, 0.25) is 0 Å². The van der Waals surface area contributed by atoms with Crippen molar-refractivity contribution in [2.24, 2.45) is 0 Å². The lowest BCUT2D eigenvalue weighted by Gasteiger charge is -2.15. The van der Waals surface area contributed by atoms with E-state index in [-0.39, 0.29) is 11.8 Å². The molecular formula is C12H12N4O5. The monoisotopic (exact) mass is 292 g/mol. The fraction of sp³-hybridized carbons (Fsp3) is 0.167. The second-order valence-electron chi connectivity index (χ2n) is 3.87. The maximum absolute atomic E-state index is 10.5. The van der Waals surface area contributed by atoms with E-state index in [9.17, 15) is 10.1 Å². The van der Waals surface area contributed by atoms with Gasteiger partial charge in [0.25, 0.3) is 0 Å². The Hall–Kier alpha value is -2.78. The van der Waals surface area contributed by atoms with Crippen molar-refractivity contribution in [3.05, 3.63) is 46.0 Å². The van der Waals surface area contributed by atoms with E-state index in [1.54, 1.807) is 12.1 Å². The van der Waals surface area contributed by atoms with Crippen molar-refractivity contribution in [1.29, 1.82) is 0 Å². The molecule has 0 amide bonds. The molecular weight excluding hydrogens is 280 g/mol. The molecule has 0 aliphatic rings. The molecule has 110 valence electrons. The molecule has 0 aliphatic carbocycles. The highest BCUT2D eigenvalue weighted by Crippen LogP contribution is 2.17. The minimum atomic E-state index is -0.624. The zero-order valence-corrected chi connectivity index (χ0v) is 10.8. The van der Waals surface area contributed by atoms with E-state index in [2.05, 4.69) is 9.97 Å². The molecule has 0 saturated heterocycles. The average molecular weight is 292 g/mol. The lowest BCUT2D eigenvalue weighted by molar-refractivity contribution is -0.402. The van der Waals surface area contributed by atoms with Gasteiger partial charge in [-0.25, -0.2) is 9.97 Å². The summed E-state index contributed by atoms with van der Waals surface area (Å²) in [5.74, 6) is 0.125. The number of nitro groups is 1. The molecule has 0 fully saturated rings. The maximum Gasteiger partial charge on any atom is 0.433 e. The summed E-state index contributed by atoms with van der Waals surface area (Å²) in [6.45, 7) is -0.845. The van der Waals surface area contributed by atoms with Crippen LogP contribution in [0.25, 0.3) is 12.2 Å². The van der Waals surface area contributed by atoms with Crippen molar-refractivity contribution < 1.29 is 19.6 Å². The van der Waals surface area contributed by atoms with Gasteiger partial charge in [0.05, 0.1) is 11.8 Å². The van der Waals surface area contributed by atoms with Crippen LogP contribution in [0.5, 0.6) is 0 Å². The highest BCUT2D eigenvalue weighted by atomic mass is 16.6. The summed E-state index contributed by atoms with van der Waals surface area (Å²) in [5, 5.41) is 28.5. The van der Waals surface area contributed by atoms with Crippen molar-refractivity contribution in [1.82, 2.24) is 9.97 Å². The van der Waals surface area contributed by atoms with Crippen LogP contribution in [0, 0.1) is 10.1 Å². The van der Waals surface area contributed by atoms with Crippen LogP contribution in [0.1, 0.15) is 11.5 Å². The van der Waals surface area contributed by atoms with Crippen LogP contribution in [-0.2, 0) is 0 Å². The third-order valence-electron chi connectivity index (χ3n) is 2.50. The minimum absolute atomic E-state index is 0.160. The Morgan fingerprint density at radius 2 is 2.05 bits per heavy atom. The van der Waals surface area contributed by atoms with Crippen molar-refractivity contribution in [2.75, 3.05) is 18.4 Å². The molecule has 21 heavy (non-hydrogen) atoms. The summed E-state index contributed by atoms with van der Waals surface area (Å²) in [5.41, 5.74) is 0.492. The lowest BCUT2D eigenvalue weighted by Crippen LogP contribution is -2.27. The smallest absolute Gasteiger partial charge is 0.401 e. The van der Waals surface area contributed by atoms with E-state index in [0.29, 0.717) is 11.5 Å². The summed E-state index contributed by atoms with van der Waals surface area (Å²) in [4.78, 5) is 19.0. The number of hydrogen-bond acceptors (Lipinski definition) is 8. The number of aromatic nitrogens is 2. The topological polar surface area (TPSA) is 126 Å². The van der Waals surface area contributed by atoms with Gasteiger partial charge in [-0.2, -0.15) is 0 Å². The summed E-state index contributed by atoms with van der Waals surface area (Å²) in [6.07, 6.45) is 4.55. The first-order chi connectivity index (χ1) is 10.1. The molecule has 0 bridgehead atoms. The van der Waals surface area contributed by atoms with E-state index in [0.717, 1.165) is 4.90 Å². The highest BCUT2D eigenvalue weighted by Gasteiger charge is 2.10. The van der Waals surface area contributed by atoms with Crippen LogP contribution in [-0.4, -0.2) is 38.6 Å². The van der Waals surface area contributed by atoms with Gasteiger partial charge in [-0.3, -0.25) is 15.0 Å². The Balaban J connectivity index is 2.16. The molecule has 0 aromatic carbocycles. The molecule has 9 heteroatoms. The summed E-state index contributed by atoms with van der Waals surface area (Å²) in [7, 11) is 0. The van der Waals surface area contributed by atoms with Gasteiger partial charge >= 0.3 is 5.88 Å². The largest absolute Gasteiger partial charge is 0.433 e. The summed E-state index contributed by atoms with van der Waals surface area (Å²) < 4.78 is 4.97. The van der Waals surface area contributed by atoms with E-state index < -0.39 is 18.4 Å². The molecule has 0 spiro atoms. The molecule has 2 N–H and O–H groups in total. The van der Waals surface area contributed by atoms with Gasteiger partial charge in [0.1, 0.15) is 24.1 Å². The van der Waals surface area contributed by atoms with Crippen molar-refractivity contribution in [3.8, 4) is 0 Å². The molecule has 2 rings (SSSR count).